The number of nitrogens with zero attached hydrogens (tertiary/aromatic N) is 5. The molecule has 0 spiro atoms. The van der Waals surface area contributed by atoms with E-state index in [1.807, 2.05) is 6.07 Å². The number of nitriles is 1. The SMILES string of the molecule is Cn1nnc(COc2ccc(C#N)cc2)n1. The van der Waals surface area contributed by atoms with Crippen LogP contribution in [0.4, 0.5) is 0 Å². The Hall–Kier alpha value is -2.42. The molecule has 0 amide bonds. The van der Waals surface area contributed by atoms with E-state index in [1.165, 1.54) is 4.80 Å². The molecule has 0 aliphatic rings. The lowest BCUT2D eigenvalue weighted by Gasteiger charge is -2.02. The molecule has 1 aromatic heterocycles. The van der Waals surface area contributed by atoms with Gasteiger partial charge in [-0.15, -0.1) is 10.2 Å². The van der Waals surface area contributed by atoms with E-state index in [-0.39, 0.29) is 6.61 Å². The topological polar surface area (TPSA) is 76.6 Å². The highest BCUT2D eigenvalue weighted by Gasteiger charge is 2.01. The predicted octanol–water partition coefficient (Wildman–Crippen LogP) is 0.661. The molecule has 0 bridgehead atoms. The molecular weight excluding hydrogens is 206 g/mol. The minimum Gasteiger partial charge on any atom is -0.485 e. The highest BCUT2D eigenvalue weighted by atomic mass is 16.5. The van der Waals surface area contributed by atoms with E-state index in [0.717, 1.165) is 0 Å². The Morgan fingerprint density at radius 2 is 2.12 bits per heavy atom. The van der Waals surface area contributed by atoms with Crippen molar-refractivity contribution in [2.75, 3.05) is 0 Å². The van der Waals surface area contributed by atoms with E-state index in [9.17, 15) is 0 Å². The highest BCUT2D eigenvalue weighted by molar-refractivity contribution is 5.34. The van der Waals surface area contributed by atoms with E-state index in [2.05, 4.69) is 15.4 Å². The molecule has 6 heteroatoms. The monoisotopic (exact) mass is 215 g/mol. The molecule has 16 heavy (non-hydrogen) atoms. The normalized spacial score (nSPS) is 9.75. The molecule has 0 N–H and O–H groups in total. The van der Waals surface area contributed by atoms with Crippen molar-refractivity contribution >= 4 is 0 Å². The maximum Gasteiger partial charge on any atom is 0.212 e. The Morgan fingerprint density at radius 3 is 2.69 bits per heavy atom. The molecule has 1 aromatic carbocycles. The number of ether oxygens (including phenoxy) is 1. The molecular formula is C10H9N5O. The molecule has 0 fully saturated rings. The number of rotatable bonds is 3. The van der Waals surface area contributed by atoms with Crippen molar-refractivity contribution in [1.82, 2.24) is 20.2 Å². The van der Waals surface area contributed by atoms with Crippen molar-refractivity contribution in [2.45, 2.75) is 6.61 Å². The Morgan fingerprint density at radius 1 is 1.38 bits per heavy atom. The second kappa shape index (κ2) is 4.40. The van der Waals surface area contributed by atoms with Crippen LogP contribution in [0.2, 0.25) is 0 Å². The van der Waals surface area contributed by atoms with Gasteiger partial charge in [0.1, 0.15) is 5.75 Å². The molecule has 0 saturated heterocycles. The summed E-state index contributed by atoms with van der Waals surface area (Å²) in [5, 5.41) is 20.1. The summed E-state index contributed by atoms with van der Waals surface area (Å²) >= 11 is 0. The lowest BCUT2D eigenvalue weighted by Crippen LogP contribution is -1.99. The summed E-state index contributed by atoms with van der Waals surface area (Å²) < 4.78 is 5.42. The Kier molecular flexibility index (Phi) is 2.78. The van der Waals surface area contributed by atoms with Gasteiger partial charge in [-0.1, -0.05) is 0 Å². The summed E-state index contributed by atoms with van der Waals surface area (Å²) in [6.07, 6.45) is 0. The molecule has 0 aliphatic heterocycles. The molecule has 2 rings (SSSR count). The fourth-order valence-electron chi connectivity index (χ4n) is 1.15. The number of hydrogen-bond acceptors (Lipinski definition) is 5. The van der Waals surface area contributed by atoms with Crippen LogP contribution in [-0.4, -0.2) is 20.2 Å². The van der Waals surface area contributed by atoms with Gasteiger partial charge in [-0.2, -0.15) is 10.1 Å². The van der Waals surface area contributed by atoms with Gasteiger partial charge in [-0.05, 0) is 29.5 Å². The van der Waals surface area contributed by atoms with Gasteiger partial charge in [0.2, 0.25) is 5.82 Å². The average Bonchev–Trinajstić information content (AvgIpc) is 2.73. The van der Waals surface area contributed by atoms with Gasteiger partial charge in [0, 0.05) is 0 Å². The lowest BCUT2D eigenvalue weighted by atomic mass is 10.2. The summed E-state index contributed by atoms with van der Waals surface area (Å²) in [5.74, 6) is 1.19. The number of tetrazole rings is 1. The van der Waals surface area contributed by atoms with E-state index in [0.29, 0.717) is 17.1 Å². The standard InChI is InChI=1S/C10H9N5O/c1-15-13-10(12-14-15)7-16-9-4-2-8(6-11)3-5-9/h2-5H,7H2,1H3. The Bertz CT molecular complexity index is 511. The maximum absolute atomic E-state index is 8.62. The predicted molar refractivity (Wildman–Crippen MR) is 54.3 cm³/mol. The van der Waals surface area contributed by atoms with Crippen molar-refractivity contribution < 1.29 is 4.74 Å². The fraction of sp³-hybridized carbons (Fsp3) is 0.200. The quantitative estimate of drug-likeness (QED) is 0.751. The first-order valence-electron chi connectivity index (χ1n) is 4.64. The minimum atomic E-state index is 0.264. The van der Waals surface area contributed by atoms with E-state index < -0.39 is 0 Å². The van der Waals surface area contributed by atoms with Crippen molar-refractivity contribution in [1.29, 1.82) is 5.26 Å². The first-order valence-corrected chi connectivity index (χ1v) is 4.64. The van der Waals surface area contributed by atoms with Crippen molar-refractivity contribution in [3.8, 4) is 11.8 Å². The molecule has 0 aliphatic carbocycles. The summed E-state index contributed by atoms with van der Waals surface area (Å²) in [6.45, 7) is 0.264. The molecule has 0 unspecified atom stereocenters. The van der Waals surface area contributed by atoms with E-state index in [1.54, 1.807) is 31.3 Å². The molecule has 1 heterocycles. The second-order valence-corrected chi connectivity index (χ2v) is 3.12. The van der Waals surface area contributed by atoms with Crippen LogP contribution in [0, 0.1) is 11.3 Å². The average molecular weight is 215 g/mol. The third kappa shape index (κ3) is 2.33. The van der Waals surface area contributed by atoms with Crippen molar-refractivity contribution in [3.05, 3.63) is 35.7 Å². The third-order valence-corrected chi connectivity index (χ3v) is 1.90. The molecule has 0 radical (unpaired) electrons. The van der Waals surface area contributed by atoms with Crippen LogP contribution < -0.4 is 4.74 Å². The van der Waals surface area contributed by atoms with E-state index in [4.69, 9.17) is 10.00 Å². The van der Waals surface area contributed by atoms with Gasteiger partial charge in [0.15, 0.2) is 6.61 Å². The van der Waals surface area contributed by atoms with Crippen LogP contribution in [-0.2, 0) is 13.7 Å². The van der Waals surface area contributed by atoms with Crippen LogP contribution in [0.1, 0.15) is 11.4 Å². The van der Waals surface area contributed by atoms with Gasteiger partial charge >= 0.3 is 0 Å². The van der Waals surface area contributed by atoms with Crippen molar-refractivity contribution in [3.63, 3.8) is 0 Å². The first-order chi connectivity index (χ1) is 7.78. The lowest BCUT2D eigenvalue weighted by molar-refractivity contribution is 0.295. The number of hydrogen-bond donors (Lipinski definition) is 0. The molecule has 80 valence electrons. The zero-order chi connectivity index (χ0) is 11.4. The summed E-state index contributed by atoms with van der Waals surface area (Å²) in [7, 11) is 1.69. The largest absolute Gasteiger partial charge is 0.485 e. The third-order valence-electron chi connectivity index (χ3n) is 1.90. The van der Waals surface area contributed by atoms with Crippen molar-refractivity contribution in [2.24, 2.45) is 7.05 Å². The Balaban J connectivity index is 1.97. The van der Waals surface area contributed by atoms with Gasteiger partial charge in [0.05, 0.1) is 18.7 Å². The summed E-state index contributed by atoms with van der Waals surface area (Å²) in [5.41, 5.74) is 0.602. The Labute approximate surface area is 92.1 Å². The van der Waals surface area contributed by atoms with Crippen LogP contribution in [0.15, 0.2) is 24.3 Å². The van der Waals surface area contributed by atoms with Crippen LogP contribution in [0.25, 0.3) is 0 Å². The smallest absolute Gasteiger partial charge is 0.212 e. The number of aryl methyl sites for hydroxylation is 1. The van der Waals surface area contributed by atoms with Gasteiger partial charge in [-0.3, -0.25) is 0 Å². The zero-order valence-corrected chi connectivity index (χ0v) is 8.66. The van der Waals surface area contributed by atoms with Gasteiger partial charge < -0.3 is 4.74 Å². The highest BCUT2D eigenvalue weighted by Crippen LogP contribution is 2.12. The molecule has 0 atom stereocenters. The maximum atomic E-state index is 8.62. The first kappa shape index (κ1) is 10.1. The van der Waals surface area contributed by atoms with Gasteiger partial charge in [0.25, 0.3) is 0 Å². The number of benzene rings is 1. The molecule has 6 nitrogen and oxygen atoms in total. The van der Waals surface area contributed by atoms with Gasteiger partial charge in [-0.25, -0.2) is 0 Å². The second-order valence-electron chi connectivity index (χ2n) is 3.12. The molecule has 0 saturated carbocycles. The van der Waals surface area contributed by atoms with Crippen LogP contribution >= 0.6 is 0 Å². The zero-order valence-electron chi connectivity index (χ0n) is 8.66. The fourth-order valence-corrected chi connectivity index (χ4v) is 1.15. The van der Waals surface area contributed by atoms with Crippen LogP contribution in [0.3, 0.4) is 0 Å². The summed E-state index contributed by atoms with van der Waals surface area (Å²) in [6, 6.07) is 8.89. The molecule has 2 aromatic rings. The number of aromatic nitrogens is 4. The summed E-state index contributed by atoms with van der Waals surface area (Å²) in [4.78, 5) is 1.37. The minimum absolute atomic E-state index is 0.264. The van der Waals surface area contributed by atoms with Crippen LogP contribution in [0.5, 0.6) is 5.75 Å². The van der Waals surface area contributed by atoms with E-state index >= 15 is 0 Å².